The maximum Gasteiger partial charge on any atom is 0.232 e. The van der Waals surface area contributed by atoms with Gasteiger partial charge in [-0.05, 0) is 58.1 Å². The fourth-order valence-electron chi connectivity index (χ4n) is 3.28. The van der Waals surface area contributed by atoms with E-state index in [1.807, 2.05) is 38.1 Å². The zero-order chi connectivity index (χ0) is 19.9. The van der Waals surface area contributed by atoms with E-state index in [0.717, 1.165) is 24.8 Å². The van der Waals surface area contributed by atoms with E-state index < -0.39 is 10.8 Å². The molecule has 1 atom stereocenters. The number of oxazole rings is 1. The molecule has 0 saturated heterocycles. The van der Waals surface area contributed by atoms with Crippen molar-refractivity contribution < 1.29 is 13.4 Å². The third-order valence-electron chi connectivity index (χ3n) is 4.93. The van der Waals surface area contributed by atoms with Crippen LogP contribution >= 0.6 is 0 Å². The van der Waals surface area contributed by atoms with E-state index >= 15 is 0 Å². The van der Waals surface area contributed by atoms with E-state index in [2.05, 4.69) is 16.4 Å². The van der Waals surface area contributed by atoms with Gasteiger partial charge in [-0.15, -0.1) is 0 Å². The second-order valence-corrected chi connectivity index (χ2v) is 8.78. The second-order valence-electron chi connectivity index (χ2n) is 7.32. The Labute approximate surface area is 169 Å². The number of allylic oxidation sites excluding steroid dienone is 1. The lowest BCUT2D eigenvalue weighted by Gasteiger charge is -2.12. The maximum atomic E-state index is 12.4. The summed E-state index contributed by atoms with van der Waals surface area (Å²) in [7, 11) is -1.32. The van der Waals surface area contributed by atoms with Crippen molar-refractivity contribution in [1.29, 1.82) is 0 Å². The summed E-state index contributed by atoms with van der Waals surface area (Å²) >= 11 is 0. The van der Waals surface area contributed by atoms with Gasteiger partial charge >= 0.3 is 0 Å². The van der Waals surface area contributed by atoms with Gasteiger partial charge in [-0.2, -0.15) is 0 Å². The fourth-order valence-corrected chi connectivity index (χ4v) is 4.35. The number of carbonyl (C=O) groups is 1. The molecule has 0 fully saturated rings. The Morgan fingerprint density at radius 2 is 2.00 bits per heavy atom. The first-order valence-corrected chi connectivity index (χ1v) is 11.3. The molecule has 0 radical (unpaired) electrons. The van der Waals surface area contributed by atoms with Crippen molar-refractivity contribution in [2.45, 2.75) is 51.7 Å². The van der Waals surface area contributed by atoms with E-state index in [-0.39, 0.29) is 17.4 Å². The first kappa shape index (κ1) is 20.5. The molecule has 150 valence electrons. The van der Waals surface area contributed by atoms with Crippen LogP contribution in [-0.2, 0) is 21.3 Å². The zero-order valence-corrected chi connectivity index (χ0v) is 17.4. The SMILES string of the molecule is Cc1ccc(-c2nc(C[S@@](=O)CC(=O)NCCC3=CCCCC3)c(C)o2)cc1. The van der Waals surface area contributed by atoms with E-state index in [4.69, 9.17) is 4.42 Å². The van der Waals surface area contributed by atoms with Crippen molar-refractivity contribution in [2.75, 3.05) is 12.3 Å². The fraction of sp³-hybridized carbons (Fsp3) is 0.455. The van der Waals surface area contributed by atoms with Crippen LogP contribution in [0.5, 0.6) is 0 Å². The van der Waals surface area contributed by atoms with Crippen molar-refractivity contribution in [3.05, 3.63) is 52.9 Å². The normalized spacial score (nSPS) is 15.1. The molecule has 1 aromatic carbocycles. The molecule has 2 aromatic rings. The topological polar surface area (TPSA) is 72.2 Å². The van der Waals surface area contributed by atoms with Gasteiger partial charge in [-0.1, -0.05) is 29.3 Å². The molecule has 3 rings (SSSR count). The molecular weight excluding hydrogens is 372 g/mol. The average Bonchev–Trinajstić information content (AvgIpc) is 3.03. The van der Waals surface area contributed by atoms with Gasteiger partial charge in [0.1, 0.15) is 11.5 Å². The molecule has 1 heterocycles. The van der Waals surface area contributed by atoms with Gasteiger partial charge < -0.3 is 9.73 Å². The van der Waals surface area contributed by atoms with Crippen molar-refractivity contribution in [3.63, 3.8) is 0 Å². The van der Waals surface area contributed by atoms with Gasteiger partial charge in [0.25, 0.3) is 0 Å². The van der Waals surface area contributed by atoms with Gasteiger partial charge in [0.2, 0.25) is 11.8 Å². The minimum atomic E-state index is -1.32. The lowest BCUT2D eigenvalue weighted by Crippen LogP contribution is -2.29. The van der Waals surface area contributed by atoms with Crippen molar-refractivity contribution in [3.8, 4) is 11.5 Å². The minimum absolute atomic E-state index is 0.00872. The number of aryl methyl sites for hydroxylation is 2. The highest BCUT2D eigenvalue weighted by Crippen LogP contribution is 2.23. The van der Waals surface area contributed by atoms with Crippen LogP contribution in [0.3, 0.4) is 0 Å². The summed E-state index contributed by atoms with van der Waals surface area (Å²) in [5.41, 5.74) is 4.13. The second kappa shape index (κ2) is 9.82. The van der Waals surface area contributed by atoms with E-state index in [0.29, 0.717) is 23.9 Å². The minimum Gasteiger partial charge on any atom is -0.441 e. The predicted octanol–water partition coefficient (Wildman–Crippen LogP) is 4.21. The molecule has 1 aromatic heterocycles. The first-order chi connectivity index (χ1) is 13.5. The maximum absolute atomic E-state index is 12.4. The Morgan fingerprint density at radius 1 is 1.21 bits per heavy atom. The predicted molar refractivity (Wildman–Crippen MR) is 112 cm³/mol. The summed E-state index contributed by atoms with van der Waals surface area (Å²) in [6, 6.07) is 7.91. The first-order valence-electron chi connectivity index (χ1n) is 9.84. The van der Waals surface area contributed by atoms with Gasteiger partial charge in [0.05, 0.1) is 11.4 Å². The summed E-state index contributed by atoms with van der Waals surface area (Å²) in [6.45, 7) is 4.45. The van der Waals surface area contributed by atoms with Gasteiger partial charge in [0.15, 0.2) is 0 Å². The summed E-state index contributed by atoms with van der Waals surface area (Å²) in [5.74, 6) is 1.21. The van der Waals surface area contributed by atoms with Crippen LogP contribution in [0, 0.1) is 13.8 Å². The molecule has 1 N–H and O–H groups in total. The number of nitrogens with zero attached hydrogens (tertiary/aromatic N) is 1. The Bertz CT molecular complexity index is 868. The molecular formula is C22H28N2O3S. The molecule has 0 bridgehead atoms. The standard InChI is InChI=1S/C22H28N2O3S/c1-16-8-10-19(11-9-16)22-24-20(17(2)27-22)14-28(26)15-21(25)23-13-12-18-6-4-3-5-7-18/h6,8-11H,3-5,7,12-15H2,1-2H3,(H,23,25)/t28-/m1/s1. The van der Waals surface area contributed by atoms with Crippen molar-refractivity contribution >= 4 is 16.7 Å². The smallest absolute Gasteiger partial charge is 0.232 e. The molecule has 1 aliphatic rings. The Balaban J connectivity index is 1.48. The summed E-state index contributed by atoms with van der Waals surface area (Å²) in [5, 5.41) is 2.88. The summed E-state index contributed by atoms with van der Waals surface area (Å²) in [6.07, 6.45) is 7.96. The van der Waals surface area contributed by atoms with E-state index in [9.17, 15) is 9.00 Å². The number of hydrogen-bond acceptors (Lipinski definition) is 4. The number of hydrogen-bond donors (Lipinski definition) is 1. The number of benzene rings is 1. The lowest BCUT2D eigenvalue weighted by atomic mass is 9.97. The van der Waals surface area contributed by atoms with Crippen LogP contribution in [0.15, 0.2) is 40.3 Å². The van der Waals surface area contributed by atoms with Gasteiger partial charge in [-0.25, -0.2) is 4.98 Å². The highest BCUT2D eigenvalue weighted by atomic mass is 32.2. The average molecular weight is 401 g/mol. The molecule has 0 saturated carbocycles. The Morgan fingerprint density at radius 3 is 2.71 bits per heavy atom. The third kappa shape index (κ3) is 5.89. The van der Waals surface area contributed by atoms with Crippen LogP contribution in [0.1, 0.15) is 49.1 Å². The van der Waals surface area contributed by atoms with Crippen LogP contribution in [0.4, 0.5) is 0 Å². The summed E-state index contributed by atoms with van der Waals surface area (Å²) in [4.78, 5) is 16.5. The molecule has 6 heteroatoms. The number of amides is 1. The van der Waals surface area contributed by atoms with Gasteiger partial charge in [-0.3, -0.25) is 9.00 Å². The molecule has 5 nitrogen and oxygen atoms in total. The number of aromatic nitrogens is 1. The van der Waals surface area contributed by atoms with Crippen LogP contribution in [-0.4, -0.2) is 27.4 Å². The third-order valence-corrected chi connectivity index (χ3v) is 6.11. The highest BCUT2D eigenvalue weighted by Gasteiger charge is 2.16. The van der Waals surface area contributed by atoms with Crippen LogP contribution in [0.2, 0.25) is 0 Å². The Hall–Kier alpha value is -2.21. The largest absolute Gasteiger partial charge is 0.441 e. The quantitative estimate of drug-likeness (QED) is 0.674. The number of nitrogens with one attached hydrogen (secondary N) is 1. The van der Waals surface area contributed by atoms with Crippen LogP contribution < -0.4 is 5.32 Å². The molecule has 1 aliphatic carbocycles. The van der Waals surface area contributed by atoms with E-state index in [1.54, 1.807) is 0 Å². The molecule has 0 spiro atoms. The monoisotopic (exact) mass is 400 g/mol. The lowest BCUT2D eigenvalue weighted by molar-refractivity contribution is -0.118. The molecule has 0 aliphatic heterocycles. The number of rotatable bonds is 8. The summed E-state index contributed by atoms with van der Waals surface area (Å²) < 4.78 is 18.1. The number of carbonyl (C=O) groups excluding carboxylic acids is 1. The van der Waals surface area contributed by atoms with Gasteiger partial charge in [0, 0.05) is 22.9 Å². The molecule has 1 amide bonds. The molecule has 0 unspecified atom stereocenters. The van der Waals surface area contributed by atoms with E-state index in [1.165, 1.54) is 24.0 Å². The van der Waals surface area contributed by atoms with Crippen molar-refractivity contribution in [2.24, 2.45) is 0 Å². The van der Waals surface area contributed by atoms with Crippen molar-refractivity contribution in [1.82, 2.24) is 10.3 Å². The zero-order valence-electron chi connectivity index (χ0n) is 16.6. The molecule has 28 heavy (non-hydrogen) atoms. The Kier molecular flexibility index (Phi) is 7.20. The van der Waals surface area contributed by atoms with Crippen LogP contribution in [0.25, 0.3) is 11.5 Å². The highest BCUT2D eigenvalue weighted by molar-refractivity contribution is 7.84.